The normalized spacial score (nSPS) is 17.3. The highest BCUT2D eigenvalue weighted by atomic mass is 35.5. The molecule has 5 heteroatoms. The number of carbonyl (C=O) groups is 2. The summed E-state index contributed by atoms with van der Waals surface area (Å²) < 4.78 is 0. The molecule has 1 aliphatic heterocycles. The standard InChI is InChI=1S/C21H20ClNO3/c1-12(2)19(24)17-18(14-7-4-6-13(3)10-14)23(21(26)20(17)25)16-9-5-8-15(22)11-16/h4-12,18,25H,1-3H3. The van der Waals surface area contributed by atoms with Crippen LogP contribution in [0, 0.1) is 12.8 Å². The van der Waals surface area contributed by atoms with Crippen LogP contribution in [0.25, 0.3) is 0 Å². The number of Topliss-reactive ketones (excluding diaryl/α,β-unsaturated/α-hetero) is 1. The fourth-order valence-electron chi connectivity index (χ4n) is 3.22. The van der Waals surface area contributed by atoms with Gasteiger partial charge in [-0.05, 0) is 30.7 Å². The van der Waals surface area contributed by atoms with Gasteiger partial charge >= 0.3 is 0 Å². The first-order valence-corrected chi connectivity index (χ1v) is 8.82. The molecule has 0 saturated heterocycles. The van der Waals surface area contributed by atoms with Crippen LogP contribution in [-0.2, 0) is 9.59 Å². The van der Waals surface area contributed by atoms with Crippen molar-refractivity contribution in [2.24, 2.45) is 5.92 Å². The average molecular weight is 370 g/mol. The quantitative estimate of drug-likeness (QED) is 0.844. The van der Waals surface area contributed by atoms with Crippen LogP contribution in [0.5, 0.6) is 0 Å². The van der Waals surface area contributed by atoms with Crippen molar-refractivity contribution in [1.29, 1.82) is 0 Å². The lowest BCUT2D eigenvalue weighted by Gasteiger charge is -2.27. The summed E-state index contributed by atoms with van der Waals surface area (Å²) in [6.07, 6.45) is 0. The molecule has 0 spiro atoms. The highest BCUT2D eigenvalue weighted by Gasteiger charge is 2.44. The van der Waals surface area contributed by atoms with Gasteiger partial charge < -0.3 is 5.11 Å². The molecule has 0 bridgehead atoms. The predicted molar refractivity (Wildman–Crippen MR) is 102 cm³/mol. The highest BCUT2D eigenvalue weighted by molar-refractivity contribution is 6.31. The molecule has 0 radical (unpaired) electrons. The molecule has 2 aromatic rings. The van der Waals surface area contributed by atoms with Gasteiger partial charge in [0.1, 0.15) is 0 Å². The van der Waals surface area contributed by atoms with E-state index in [1.165, 1.54) is 4.90 Å². The van der Waals surface area contributed by atoms with E-state index < -0.39 is 17.7 Å². The van der Waals surface area contributed by atoms with Gasteiger partial charge in [-0.25, -0.2) is 0 Å². The van der Waals surface area contributed by atoms with E-state index in [-0.39, 0.29) is 17.3 Å². The fraction of sp³-hybridized carbons (Fsp3) is 0.238. The van der Waals surface area contributed by atoms with Gasteiger partial charge in [0, 0.05) is 16.6 Å². The summed E-state index contributed by atoms with van der Waals surface area (Å²) in [7, 11) is 0. The molecule has 3 rings (SSSR count). The minimum atomic E-state index is -0.684. The Morgan fingerprint density at radius 3 is 2.46 bits per heavy atom. The maximum absolute atomic E-state index is 12.8. The number of aliphatic hydroxyl groups excluding tert-OH is 1. The Morgan fingerprint density at radius 2 is 1.85 bits per heavy atom. The lowest BCUT2D eigenvalue weighted by molar-refractivity contribution is -0.119. The van der Waals surface area contributed by atoms with Gasteiger partial charge in [0.2, 0.25) is 0 Å². The number of rotatable bonds is 4. The number of hydrogen-bond donors (Lipinski definition) is 1. The minimum absolute atomic E-state index is 0.135. The molecule has 1 atom stereocenters. The van der Waals surface area contributed by atoms with E-state index in [9.17, 15) is 14.7 Å². The molecule has 1 N–H and O–H groups in total. The lowest BCUT2D eigenvalue weighted by atomic mass is 9.90. The van der Waals surface area contributed by atoms with E-state index in [0.717, 1.165) is 11.1 Å². The molecule has 1 unspecified atom stereocenters. The van der Waals surface area contributed by atoms with Crippen LogP contribution in [0.15, 0.2) is 59.9 Å². The number of hydrogen-bond acceptors (Lipinski definition) is 3. The summed E-state index contributed by atoms with van der Waals surface area (Å²) >= 11 is 6.09. The number of aliphatic hydroxyl groups is 1. The lowest BCUT2D eigenvalue weighted by Crippen LogP contribution is -2.31. The molecule has 0 aromatic heterocycles. The summed E-state index contributed by atoms with van der Waals surface area (Å²) in [6, 6.07) is 13.7. The Labute approximate surface area is 157 Å². The molecular formula is C21H20ClNO3. The molecule has 4 nitrogen and oxygen atoms in total. The smallest absolute Gasteiger partial charge is 0.294 e. The summed E-state index contributed by atoms with van der Waals surface area (Å²) in [6.45, 7) is 5.45. The Balaban J connectivity index is 2.21. The predicted octanol–water partition coefficient (Wildman–Crippen LogP) is 4.77. The van der Waals surface area contributed by atoms with Crippen LogP contribution in [0.3, 0.4) is 0 Å². The Morgan fingerprint density at radius 1 is 1.15 bits per heavy atom. The molecule has 0 fully saturated rings. The second-order valence-electron chi connectivity index (χ2n) is 6.75. The summed E-state index contributed by atoms with van der Waals surface area (Å²) in [5, 5.41) is 11.0. The molecule has 2 aromatic carbocycles. The second-order valence-corrected chi connectivity index (χ2v) is 7.19. The van der Waals surface area contributed by atoms with Crippen LogP contribution in [0.1, 0.15) is 31.0 Å². The van der Waals surface area contributed by atoms with Crippen molar-refractivity contribution in [2.45, 2.75) is 26.8 Å². The minimum Gasteiger partial charge on any atom is -0.503 e. The number of benzene rings is 2. The zero-order chi connectivity index (χ0) is 19.0. The van der Waals surface area contributed by atoms with Gasteiger partial charge in [-0.15, -0.1) is 0 Å². The second kappa shape index (κ2) is 6.96. The molecule has 0 aliphatic carbocycles. The van der Waals surface area contributed by atoms with Gasteiger partial charge in [0.15, 0.2) is 11.5 Å². The summed E-state index contributed by atoms with van der Waals surface area (Å²) in [4.78, 5) is 27.1. The third-order valence-electron chi connectivity index (χ3n) is 4.44. The van der Waals surface area contributed by atoms with Crippen molar-refractivity contribution in [3.05, 3.63) is 76.0 Å². The van der Waals surface area contributed by atoms with E-state index >= 15 is 0 Å². The van der Waals surface area contributed by atoms with Gasteiger partial charge in [-0.3, -0.25) is 14.5 Å². The summed E-state index contributed by atoms with van der Waals surface area (Å²) in [5.41, 5.74) is 2.44. The highest BCUT2D eigenvalue weighted by Crippen LogP contribution is 2.42. The molecule has 1 aliphatic rings. The van der Waals surface area contributed by atoms with Crippen molar-refractivity contribution in [2.75, 3.05) is 4.90 Å². The number of carbonyl (C=O) groups excluding carboxylic acids is 2. The zero-order valence-electron chi connectivity index (χ0n) is 14.9. The largest absolute Gasteiger partial charge is 0.503 e. The number of aryl methyl sites for hydroxylation is 1. The van der Waals surface area contributed by atoms with E-state index in [2.05, 4.69) is 0 Å². The summed E-state index contributed by atoms with van der Waals surface area (Å²) in [5.74, 6) is -1.67. The SMILES string of the molecule is Cc1cccc(C2C(C(=O)C(C)C)=C(O)C(=O)N2c2cccc(Cl)c2)c1. The Bertz CT molecular complexity index is 917. The van der Waals surface area contributed by atoms with Crippen LogP contribution >= 0.6 is 11.6 Å². The number of anilines is 1. The Kier molecular flexibility index (Phi) is 4.88. The maximum Gasteiger partial charge on any atom is 0.294 e. The Hall–Kier alpha value is -2.59. The first-order valence-electron chi connectivity index (χ1n) is 8.44. The van der Waals surface area contributed by atoms with Crippen molar-refractivity contribution < 1.29 is 14.7 Å². The number of ketones is 1. The first-order chi connectivity index (χ1) is 12.3. The van der Waals surface area contributed by atoms with Crippen LogP contribution in [0.2, 0.25) is 5.02 Å². The van der Waals surface area contributed by atoms with Crippen molar-refractivity contribution >= 4 is 29.0 Å². The molecule has 0 saturated carbocycles. The maximum atomic E-state index is 12.8. The molecule has 1 heterocycles. The van der Waals surface area contributed by atoms with E-state index in [1.807, 2.05) is 31.2 Å². The molecule has 26 heavy (non-hydrogen) atoms. The molecule has 134 valence electrons. The van der Waals surface area contributed by atoms with Crippen molar-refractivity contribution in [3.8, 4) is 0 Å². The number of amides is 1. The topological polar surface area (TPSA) is 57.6 Å². The first kappa shape index (κ1) is 18.2. The number of halogens is 1. The van der Waals surface area contributed by atoms with Gasteiger partial charge in [0.25, 0.3) is 5.91 Å². The van der Waals surface area contributed by atoms with Crippen LogP contribution in [-0.4, -0.2) is 16.8 Å². The van der Waals surface area contributed by atoms with Crippen LogP contribution in [0.4, 0.5) is 5.69 Å². The molecular weight excluding hydrogens is 350 g/mol. The van der Waals surface area contributed by atoms with E-state index in [4.69, 9.17) is 11.6 Å². The van der Waals surface area contributed by atoms with E-state index in [0.29, 0.717) is 10.7 Å². The third-order valence-corrected chi connectivity index (χ3v) is 4.68. The van der Waals surface area contributed by atoms with Gasteiger partial charge in [0.05, 0.1) is 11.6 Å². The third kappa shape index (κ3) is 3.13. The van der Waals surface area contributed by atoms with Crippen LogP contribution < -0.4 is 4.90 Å². The monoisotopic (exact) mass is 369 g/mol. The van der Waals surface area contributed by atoms with E-state index in [1.54, 1.807) is 38.1 Å². The zero-order valence-corrected chi connectivity index (χ0v) is 15.6. The number of nitrogens with zero attached hydrogens (tertiary/aromatic N) is 1. The average Bonchev–Trinajstić information content (AvgIpc) is 2.85. The van der Waals surface area contributed by atoms with Gasteiger partial charge in [-0.1, -0.05) is 61.3 Å². The van der Waals surface area contributed by atoms with Gasteiger partial charge in [-0.2, -0.15) is 0 Å². The van der Waals surface area contributed by atoms with Crippen molar-refractivity contribution in [3.63, 3.8) is 0 Å². The molecule has 1 amide bonds. The van der Waals surface area contributed by atoms with Crippen molar-refractivity contribution in [1.82, 2.24) is 0 Å². The fourth-order valence-corrected chi connectivity index (χ4v) is 3.40.